The molecular formula is C10H19N3OS. The summed E-state index contributed by atoms with van der Waals surface area (Å²) < 4.78 is 5.15. The van der Waals surface area contributed by atoms with Gasteiger partial charge in [-0.3, -0.25) is 0 Å². The normalized spacial score (nSPS) is 15.2. The highest BCUT2D eigenvalue weighted by atomic mass is 32.2. The van der Waals surface area contributed by atoms with Crippen molar-refractivity contribution in [1.82, 2.24) is 10.1 Å². The van der Waals surface area contributed by atoms with Gasteiger partial charge in [-0.05, 0) is 24.9 Å². The van der Waals surface area contributed by atoms with E-state index >= 15 is 0 Å². The van der Waals surface area contributed by atoms with E-state index in [1.807, 2.05) is 0 Å². The van der Waals surface area contributed by atoms with Gasteiger partial charge in [0.15, 0.2) is 5.82 Å². The van der Waals surface area contributed by atoms with Gasteiger partial charge in [0.25, 0.3) is 0 Å². The predicted molar refractivity (Wildman–Crippen MR) is 62.9 cm³/mol. The number of hydrogen-bond acceptors (Lipinski definition) is 5. The van der Waals surface area contributed by atoms with Crippen LogP contribution in [0.25, 0.3) is 0 Å². The molecule has 0 saturated heterocycles. The number of rotatable bonds is 6. The van der Waals surface area contributed by atoms with Crippen molar-refractivity contribution in [3.63, 3.8) is 0 Å². The lowest BCUT2D eigenvalue weighted by Crippen LogP contribution is -2.11. The summed E-state index contributed by atoms with van der Waals surface area (Å²) in [6, 6.07) is -0.122. The fourth-order valence-corrected chi connectivity index (χ4v) is 1.64. The Morgan fingerprint density at radius 2 is 2.27 bits per heavy atom. The molecule has 1 aromatic rings. The molecule has 86 valence electrons. The molecular weight excluding hydrogens is 210 g/mol. The van der Waals surface area contributed by atoms with E-state index in [2.05, 4.69) is 30.2 Å². The van der Waals surface area contributed by atoms with Crippen LogP contribution in [0.5, 0.6) is 0 Å². The third-order valence-electron chi connectivity index (χ3n) is 2.46. The molecule has 0 aromatic carbocycles. The van der Waals surface area contributed by atoms with Crippen LogP contribution in [0.4, 0.5) is 0 Å². The molecule has 0 radical (unpaired) electrons. The molecule has 4 nitrogen and oxygen atoms in total. The minimum atomic E-state index is -0.122. The SMILES string of the molecule is CCC(C)c1noc(C(N)CCSC)n1. The lowest BCUT2D eigenvalue weighted by atomic mass is 10.1. The number of nitrogens with two attached hydrogens (primary N) is 1. The zero-order valence-electron chi connectivity index (χ0n) is 9.56. The van der Waals surface area contributed by atoms with E-state index < -0.39 is 0 Å². The summed E-state index contributed by atoms with van der Waals surface area (Å²) in [7, 11) is 0. The minimum Gasteiger partial charge on any atom is -0.338 e. The summed E-state index contributed by atoms with van der Waals surface area (Å²) in [5.74, 6) is 2.70. The van der Waals surface area contributed by atoms with Gasteiger partial charge in [-0.2, -0.15) is 16.7 Å². The van der Waals surface area contributed by atoms with Gasteiger partial charge in [0.2, 0.25) is 5.89 Å². The standard InChI is InChI=1S/C10H19N3OS/c1-4-7(2)9-12-10(14-13-9)8(11)5-6-15-3/h7-8H,4-6,11H2,1-3H3. The van der Waals surface area contributed by atoms with Crippen molar-refractivity contribution < 1.29 is 4.52 Å². The van der Waals surface area contributed by atoms with Gasteiger partial charge in [0.1, 0.15) is 0 Å². The van der Waals surface area contributed by atoms with Gasteiger partial charge in [0, 0.05) is 5.92 Å². The van der Waals surface area contributed by atoms with Gasteiger partial charge in [-0.25, -0.2) is 0 Å². The summed E-state index contributed by atoms with van der Waals surface area (Å²) >= 11 is 1.77. The lowest BCUT2D eigenvalue weighted by molar-refractivity contribution is 0.346. The third kappa shape index (κ3) is 3.50. The van der Waals surface area contributed by atoms with Crippen molar-refractivity contribution in [2.45, 2.75) is 38.6 Å². The minimum absolute atomic E-state index is 0.122. The summed E-state index contributed by atoms with van der Waals surface area (Å²) in [4.78, 5) is 4.32. The number of nitrogens with zero attached hydrogens (tertiary/aromatic N) is 2. The van der Waals surface area contributed by atoms with Crippen molar-refractivity contribution >= 4 is 11.8 Å². The highest BCUT2D eigenvalue weighted by molar-refractivity contribution is 7.98. The number of hydrogen-bond donors (Lipinski definition) is 1. The number of thioether (sulfide) groups is 1. The number of aromatic nitrogens is 2. The first-order chi connectivity index (χ1) is 7.19. The highest BCUT2D eigenvalue weighted by Crippen LogP contribution is 2.19. The second kappa shape index (κ2) is 6.12. The first kappa shape index (κ1) is 12.5. The quantitative estimate of drug-likeness (QED) is 0.811. The van der Waals surface area contributed by atoms with Crippen molar-refractivity contribution in [3.05, 3.63) is 11.7 Å². The molecule has 2 N–H and O–H groups in total. The fourth-order valence-electron chi connectivity index (χ4n) is 1.15. The van der Waals surface area contributed by atoms with E-state index in [4.69, 9.17) is 10.3 Å². The Bertz CT molecular complexity index is 290. The first-order valence-electron chi connectivity index (χ1n) is 5.27. The molecule has 0 bridgehead atoms. The zero-order chi connectivity index (χ0) is 11.3. The highest BCUT2D eigenvalue weighted by Gasteiger charge is 2.16. The predicted octanol–water partition coefficient (Wildman–Crippen LogP) is 2.34. The average Bonchev–Trinajstić information content (AvgIpc) is 2.74. The van der Waals surface area contributed by atoms with E-state index in [9.17, 15) is 0 Å². The fraction of sp³-hybridized carbons (Fsp3) is 0.800. The molecule has 0 saturated carbocycles. The van der Waals surface area contributed by atoms with Crippen molar-refractivity contribution in [1.29, 1.82) is 0 Å². The third-order valence-corrected chi connectivity index (χ3v) is 3.10. The molecule has 2 atom stereocenters. The van der Waals surface area contributed by atoms with Crippen LogP contribution in [0.3, 0.4) is 0 Å². The van der Waals surface area contributed by atoms with Crippen molar-refractivity contribution in [3.8, 4) is 0 Å². The maximum Gasteiger partial charge on any atom is 0.243 e. The summed E-state index contributed by atoms with van der Waals surface area (Å²) in [6.45, 7) is 4.19. The largest absolute Gasteiger partial charge is 0.338 e. The Hall–Kier alpha value is -0.550. The van der Waals surface area contributed by atoms with Crippen LogP contribution in [-0.4, -0.2) is 22.1 Å². The van der Waals surface area contributed by atoms with E-state index in [1.54, 1.807) is 11.8 Å². The topological polar surface area (TPSA) is 64.9 Å². The lowest BCUT2D eigenvalue weighted by Gasteiger charge is -2.04. The average molecular weight is 229 g/mol. The molecule has 1 rings (SSSR count). The molecule has 0 aliphatic heterocycles. The van der Waals surface area contributed by atoms with E-state index in [0.29, 0.717) is 11.8 Å². The Labute approximate surface area is 95.0 Å². The Kier molecular flexibility index (Phi) is 5.11. The van der Waals surface area contributed by atoms with Gasteiger partial charge in [0.05, 0.1) is 6.04 Å². The van der Waals surface area contributed by atoms with Crippen molar-refractivity contribution in [2.75, 3.05) is 12.0 Å². The second-order valence-corrected chi connectivity index (χ2v) is 4.67. The first-order valence-corrected chi connectivity index (χ1v) is 6.66. The van der Waals surface area contributed by atoms with Gasteiger partial charge < -0.3 is 10.3 Å². The molecule has 1 aromatic heterocycles. The van der Waals surface area contributed by atoms with Crippen molar-refractivity contribution in [2.24, 2.45) is 5.73 Å². The van der Waals surface area contributed by atoms with Crippen LogP contribution in [0.15, 0.2) is 4.52 Å². The Morgan fingerprint density at radius 3 is 2.87 bits per heavy atom. The molecule has 0 amide bonds. The van der Waals surface area contributed by atoms with Crippen LogP contribution >= 0.6 is 11.8 Å². The maximum absolute atomic E-state index is 5.93. The van der Waals surface area contributed by atoms with Gasteiger partial charge in [-0.1, -0.05) is 19.0 Å². The van der Waals surface area contributed by atoms with E-state index in [1.165, 1.54) is 0 Å². The monoisotopic (exact) mass is 229 g/mol. The second-order valence-electron chi connectivity index (χ2n) is 3.69. The molecule has 0 fully saturated rings. The summed E-state index contributed by atoms with van der Waals surface area (Å²) in [5, 5.41) is 3.94. The zero-order valence-corrected chi connectivity index (χ0v) is 10.4. The van der Waals surface area contributed by atoms with E-state index in [0.717, 1.165) is 24.4 Å². The molecule has 0 spiro atoms. The maximum atomic E-state index is 5.93. The smallest absolute Gasteiger partial charge is 0.243 e. The molecule has 0 aliphatic carbocycles. The summed E-state index contributed by atoms with van der Waals surface area (Å²) in [6.07, 6.45) is 3.95. The van der Waals surface area contributed by atoms with Crippen LogP contribution in [0.2, 0.25) is 0 Å². The summed E-state index contributed by atoms with van der Waals surface area (Å²) in [5.41, 5.74) is 5.93. The van der Waals surface area contributed by atoms with Crippen LogP contribution in [-0.2, 0) is 0 Å². The van der Waals surface area contributed by atoms with E-state index in [-0.39, 0.29) is 6.04 Å². The molecule has 0 aliphatic rings. The molecule has 15 heavy (non-hydrogen) atoms. The Balaban J connectivity index is 2.58. The molecule has 5 heteroatoms. The van der Waals surface area contributed by atoms with Crippen LogP contribution in [0.1, 0.15) is 50.4 Å². The molecule has 2 unspecified atom stereocenters. The van der Waals surface area contributed by atoms with Crippen LogP contribution < -0.4 is 5.73 Å². The molecule has 1 heterocycles. The van der Waals surface area contributed by atoms with Gasteiger partial charge >= 0.3 is 0 Å². The Morgan fingerprint density at radius 1 is 1.53 bits per heavy atom. The van der Waals surface area contributed by atoms with Crippen LogP contribution in [0, 0.1) is 0 Å². The van der Waals surface area contributed by atoms with Gasteiger partial charge in [-0.15, -0.1) is 0 Å².